The second kappa shape index (κ2) is 10.8. The molecule has 5 rings (SSSR count). The first-order valence-electron chi connectivity index (χ1n) is 12.8. The van der Waals surface area contributed by atoms with Crippen LogP contribution in [0.1, 0.15) is 43.4 Å². The summed E-state index contributed by atoms with van der Waals surface area (Å²) in [6.45, 7) is 9.20. The Bertz CT molecular complexity index is 970. The molecular weight excluding hydrogens is 428 g/mol. The molecule has 1 aromatic heterocycles. The molecule has 2 N–H and O–H groups in total. The number of fused-ring (bicyclic) bond motifs is 1. The van der Waals surface area contributed by atoms with Crippen LogP contribution < -0.4 is 20.1 Å². The van der Waals surface area contributed by atoms with E-state index in [2.05, 4.69) is 38.5 Å². The lowest BCUT2D eigenvalue weighted by Crippen LogP contribution is -2.36. The number of rotatable bonds is 9. The fourth-order valence-corrected chi connectivity index (χ4v) is 5.12. The number of nitrogens with one attached hydrogen (secondary N) is 2. The molecule has 0 unspecified atom stereocenters. The first-order valence-corrected chi connectivity index (χ1v) is 12.8. The van der Waals surface area contributed by atoms with Gasteiger partial charge in [-0.1, -0.05) is 0 Å². The smallest absolute Gasteiger partial charge is 0.229 e. The highest BCUT2D eigenvalue weighted by atomic mass is 16.5. The molecule has 1 aromatic carbocycles. The lowest BCUT2D eigenvalue weighted by Gasteiger charge is -2.29. The molecule has 0 amide bonds. The highest BCUT2D eigenvalue weighted by Crippen LogP contribution is 2.39. The van der Waals surface area contributed by atoms with E-state index in [1.165, 1.54) is 31.5 Å². The highest BCUT2D eigenvalue weighted by Gasteiger charge is 2.21. The zero-order valence-corrected chi connectivity index (χ0v) is 20.6. The summed E-state index contributed by atoms with van der Waals surface area (Å²) in [5.41, 5.74) is 3.06. The Morgan fingerprint density at radius 3 is 2.74 bits per heavy atom. The predicted octanol–water partition coefficient (Wildman–Crippen LogP) is 3.83. The Hall–Kier alpha value is -2.58. The van der Waals surface area contributed by atoms with Crippen molar-refractivity contribution in [3.05, 3.63) is 29.5 Å². The zero-order chi connectivity index (χ0) is 23.3. The SMILES string of the molecule is Cc1cc(NC2CCN(C)CC2)nc(Nc2cc3c(c(OCCCN4CCCC4)c2)OCC3)n1. The van der Waals surface area contributed by atoms with Gasteiger partial charge in [-0.25, -0.2) is 4.98 Å². The van der Waals surface area contributed by atoms with Crippen LogP contribution in [0.2, 0.25) is 0 Å². The van der Waals surface area contributed by atoms with Crippen molar-refractivity contribution in [2.24, 2.45) is 0 Å². The molecule has 0 spiro atoms. The van der Waals surface area contributed by atoms with Crippen molar-refractivity contribution >= 4 is 17.5 Å². The minimum Gasteiger partial charge on any atom is -0.490 e. The van der Waals surface area contributed by atoms with Gasteiger partial charge in [0.15, 0.2) is 11.5 Å². The van der Waals surface area contributed by atoms with Crippen molar-refractivity contribution < 1.29 is 9.47 Å². The molecule has 34 heavy (non-hydrogen) atoms. The van der Waals surface area contributed by atoms with Crippen LogP contribution in [0.3, 0.4) is 0 Å². The van der Waals surface area contributed by atoms with Gasteiger partial charge >= 0.3 is 0 Å². The second-order valence-corrected chi connectivity index (χ2v) is 9.88. The monoisotopic (exact) mass is 466 g/mol. The zero-order valence-electron chi connectivity index (χ0n) is 20.6. The van der Waals surface area contributed by atoms with Crippen LogP contribution in [-0.2, 0) is 6.42 Å². The molecule has 3 aliphatic heterocycles. The number of nitrogens with zero attached hydrogens (tertiary/aromatic N) is 4. The maximum atomic E-state index is 6.19. The largest absolute Gasteiger partial charge is 0.490 e. The number of anilines is 3. The van der Waals surface area contributed by atoms with Gasteiger partial charge in [-0.05, 0) is 78.3 Å². The summed E-state index contributed by atoms with van der Waals surface area (Å²) in [7, 11) is 2.18. The molecule has 2 saturated heterocycles. The maximum Gasteiger partial charge on any atom is 0.229 e. The van der Waals surface area contributed by atoms with Crippen molar-refractivity contribution in [3.63, 3.8) is 0 Å². The summed E-state index contributed by atoms with van der Waals surface area (Å²) in [5, 5.41) is 7.03. The lowest BCUT2D eigenvalue weighted by molar-refractivity contribution is 0.251. The molecule has 2 fully saturated rings. The van der Waals surface area contributed by atoms with E-state index in [-0.39, 0.29) is 0 Å². The molecule has 184 valence electrons. The lowest BCUT2D eigenvalue weighted by atomic mass is 10.1. The summed E-state index contributed by atoms with van der Waals surface area (Å²) in [6.07, 6.45) is 6.83. The second-order valence-electron chi connectivity index (χ2n) is 9.88. The topological polar surface area (TPSA) is 74.8 Å². The molecular formula is C26H38N6O2. The van der Waals surface area contributed by atoms with Crippen molar-refractivity contribution in [2.45, 2.75) is 51.5 Å². The number of aromatic nitrogens is 2. The third-order valence-corrected chi connectivity index (χ3v) is 7.01. The molecule has 8 heteroatoms. The molecule has 0 atom stereocenters. The van der Waals surface area contributed by atoms with E-state index in [9.17, 15) is 0 Å². The third-order valence-electron chi connectivity index (χ3n) is 7.01. The molecule has 2 aromatic rings. The Balaban J connectivity index is 1.24. The van der Waals surface area contributed by atoms with Gasteiger partial charge in [-0.3, -0.25) is 0 Å². The quantitative estimate of drug-likeness (QED) is 0.540. The highest BCUT2D eigenvalue weighted by molar-refractivity contribution is 5.64. The standard InChI is InChI=1S/C26H38N6O2/c1-19-16-24(28-21-6-12-31(2)13-7-21)30-26(27-19)29-22-17-20-8-15-34-25(20)23(18-22)33-14-5-11-32-9-3-4-10-32/h16-18,21H,3-15H2,1-2H3,(H2,27,28,29,30). The summed E-state index contributed by atoms with van der Waals surface area (Å²) >= 11 is 0. The predicted molar refractivity (Wildman–Crippen MR) is 136 cm³/mol. The molecule has 0 saturated carbocycles. The van der Waals surface area contributed by atoms with Crippen LogP contribution in [0.25, 0.3) is 0 Å². The van der Waals surface area contributed by atoms with Crippen molar-refractivity contribution in [2.75, 3.05) is 63.6 Å². The Morgan fingerprint density at radius 2 is 1.91 bits per heavy atom. The van der Waals surface area contributed by atoms with Crippen LogP contribution in [0, 0.1) is 6.92 Å². The summed E-state index contributed by atoms with van der Waals surface area (Å²) < 4.78 is 12.1. The van der Waals surface area contributed by atoms with E-state index in [1.54, 1.807) is 0 Å². The van der Waals surface area contributed by atoms with Crippen LogP contribution in [0.4, 0.5) is 17.5 Å². The van der Waals surface area contributed by atoms with Crippen molar-refractivity contribution in [3.8, 4) is 11.5 Å². The van der Waals surface area contributed by atoms with Gasteiger partial charge in [-0.15, -0.1) is 0 Å². The van der Waals surface area contributed by atoms with Crippen LogP contribution in [0.5, 0.6) is 11.5 Å². The normalized spacial score (nSPS) is 19.1. The van der Waals surface area contributed by atoms with Crippen LogP contribution in [-0.4, -0.2) is 78.8 Å². The first-order chi connectivity index (χ1) is 16.6. The van der Waals surface area contributed by atoms with E-state index in [0.717, 1.165) is 74.0 Å². The fraction of sp³-hybridized carbons (Fsp3) is 0.615. The Labute approximate surface area is 203 Å². The summed E-state index contributed by atoms with van der Waals surface area (Å²) in [6, 6.07) is 6.64. The van der Waals surface area contributed by atoms with E-state index in [1.807, 2.05) is 19.1 Å². The first kappa shape index (κ1) is 23.2. The van der Waals surface area contributed by atoms with Crippen LogP contribution in [0.15, 0.2) is 18.2 Å². The summed E-state index contributed by atoms with van der Waals surface area (Å²) in [5.74, 6) is 3.19. The fourth-order valence-electron chi connectivity index (χ4n) is 5.12. The van der Waals surface area contributed by atoms with Gasteiger partial charge in [-0.2, -0.15) is 4.98 Å². The number of piperidine rings is 1. The van der Waals surface area contributed by atoms with Gasteiger partial charge in [0, 0.05) is 48.1 Å². The van der Waals surface area contributed by atoms with E-state index < -0.39 is 0 Å². The third kappa shape index (κ3) is 5.91. The number of ether oxygens (including phenoxy) is 2. The van der Waals surface area contributed by atoms with E-state index >= 15 is 0 Å². The van der Waals surface area contributed by atoms with Crippen molar-refractivity contribution in [1.82, 2.24) is 19.8 Å². The van der Waals surface area contributed by atoms with Gasteiger partial charge in [0.25, 0.3) is 0 Å². The van der Waals surface area contributed by atoms with Gasteiger partial charge in [0.05, 0.1) is 13.2 Å². The maximum absolute atomic E-state index is 6.19. The van der Waals surface area contributed by atoms with E-state index in [0.29, 0.717) is 25.2 Å². The molecule has 3 aliphatic rings. The average Bonchev–Trinajstić information content (AvgIpc) is 3.50. The molecule has 4 heterocycles. The molecule has 0 aliphatic carbocycles. The van der Waals surface area contributed by atoms with Crippen LogP contribution >= 0.6 is 0 Å². The molecule has 0 radical (unpaired) electrons. The average molecular weight is 467 g/mol. The molecule has 8 nitrogen and oxygen atoms in total. The number of hydrogen-bond acceptors (Lipinski definition) is 8. The number of aryl methyl sites for hydroxylation is 1. The summed E-state index contributed by atoms with van der Waals surface area (Å²) in [4.78, 5) is 14.3. The Kier molecular flexibility index (Phi) is 7.35. The minimum absolute atomic E-state index is 0.455. The number of benzene rings is 1. The van der Waals surface area contributed by atoms with Crippen molar-refractivity contribution in [1.29, 1.82) is 0 Å². The minimum atomic E-state index is 0.455. The molecule has 0 bridgehead atoms. The Morgan fingerprint density at radius 1 is 1.09 bits per heavy atom. The van der Waals surface area contributed by atoms with Gasteiger partial charge < -0.3 is 29.9 Å². The number of likely N-dealkylation sites (tertiary alicyclic amines) is 2. The number of hydrogen-bond donors (Lipinski definition) is 2. The van der Waals surface area contributed by atoms with Gasteiger partial charge in [0.1, 0.15) is 5.82 Å². The van der Waals surface area contributed by atoms with Gasteiger partial charge in [0.2, 0.25) is 5.95 Å². The van der Waals surface area contributed by atoms with E-state index in [4.69, 9.17) is 14.5 Å².